The van der Waals surface area contributed by atoms with Crippen molar-refractivity contribution in [3.05, 3.63) is 28.2 Å². The van der Waals surface area contributed by atoms with Gasteiger partial charge in [-0.05, 0) is 41.1 Å². The Labute approximate surface area is 126 Å². The van der Waals surface area contributed by atoms with Crippen LogP contribution in [0.2, 0.25) is 0 Å². The van der Waals surface area contributed by atoms with Crippen molar-refractivity contribution in [2.45, 2.75) is 33.0 Å². The maximum absolute atomic E-state index is 12.6. The average Bonchev–Trinajstić information content (AvgIpc) is 2.34. The van der Waals surface area contributed by atoms with Crippen LogP contribution >= 0.6 is 15.9 Å². The van der Waals surface area contributed by atoms with Gasteiger partial charge in [-0.25, -0.2) is 0 Å². The van der Waals surface area contributed by atoms with Crippen molar-refractivity contribution in [1.29, 1.82) is 0 Å². The molecule has 1 aromatic rings. The zero-order valence-corrected chi connectivity index (χ0v) is 13.5. The van der Waals surface area contributed by atoms with Gasteiger partial charge in [-0.3, -0.25) is 0 Å². The molecule has 0 unspecified atom stereocenters. The van der Waals surface area contributed by atoms with Crippen LogP contribution in [0.4, 0.5) is 18.9 Å². The molecule has 6 heteroatoms. The summed E-state index contributed by atoms with van der Waals surface area (Å²) < 4.78 is 38.4. The fourth-order valence-corrected chi connectivity index (χ4v) is 2.51. The molecular formula is C14H20BrF3N2. The van der Waals surface area contributed by atoms with Gasteiger partial charge >= 0.3 is 6.18 Å². The highest BCUT2D eigenvalue weighted by Gasteiger charge is 2.31. The number of likely N-dealkylation sites (N-methyl/N-ethyl adjacent to an activating group) is 1. The molecule has 0 fully saturated rings. The summed E-state index contributed by atoms with van der Waals surface area (Å²) >= 11 is 3.24. The molecule has 0 radical (unpaired) electrons. The van der Waals surface area contributed by atoms with E-state index in [2.05, 4.69) is 35.1 Å². The molecule has 0 bridgehead atoms. The average molecular weight is 353 g/mol. The number of rotatable bonds is 6. The summed E-state index contributed by atoms with van der Waals surface area (Å²) in [5.74, 6) is 0. The number of nitrogens with zero attached hydrogens (tertiary/aromatic N) is 1. The summed E-state index contributed by atoms with van der Waals surface area (Å²) in [6.45, 7) is 8.38. The van der Waals surface area contributed by atoms with Gasteiger partial charge in [0, 0.05) is 30.1 Å². The molecule has 0 saturated heterocycles. The summed E-state index contributed by atoms with van der Waals surface area (Å²) in [7, 11) is 0. The summed E-state index contributed by atoms with van der Waals surface area (Å²) in [6, 6.07) is 4.17. The van der Waals surface area contributed by atoms with Crippen LogP contribution < -0.4 is 10.2 Å². The fraction of sp³-hybridized carbons (Fsp3) is 0.571. The largest absolute Gasteiger partial charge is 0.416 e. The van der Waals surface area contributed by atoms with E-state index < -0.39 is 11.7 Å². The maximum atomic E-state index is 12.6. The predicted octanol–water partition coefficient (Wildman–Crippen LogP) is 4.29. The molecular weight excluding hydrogens is 333 g/mol. The van der Waals surface area contributed by atoms with E-state index in [9.17, 15) is 13.2 Å². The molecule has 1 aromatic carbocycles. The molecule has 20 heavy (non-hydrogen) atoms. The van der Waals surface area contributed by atoms with E-state index in [0.717, 1.165) is 37.5 Å². The van der Waals surface area contributed by atoms with E-state index in [-0.39, 0.29) is 0 Å². The number of hydrogen-bond donors (Lipinski definition) is 1. The second kappa shape index (κ2) is 7.31. The molecule has 0 amide bonds. The number of hydrogen-bond acceptors (Lipinski definition) is 2. The van der Waals surface area contributed by atoms with Crippen molar-refractivity contribution >= 4 is 21.6 Å². The Morgan fingerprint density at radius 2 is 1.95 bits per heavy atom. The molecule has 0 atom stereocenters. The predicted molar refractivity (Wildman–Crippen MR) is 80.2 cm³/mol. The third-order valence-corrected chi connectivity index (χ3v) is 3.57. The molecule has 0 saturated carbocycles. The lowest BCUT2D eigenvalue weighted by molar-refractivity contribution is -0.137. The lowest BCUT2D eigenvalue weighted by Crippen LogP contribution is -2.35. The van der Waals surface area contributed by atoms with Gasteiger partial charge in [0.25, 0.3) is 0 Å². The van der Waals surface area contributed by atoms with Crippen molar-refractivity contribution < 1.29 is 13.2 Å². The Bertz CT molecular complexity index is 433. The number of alkyl halides is 3. The Hall–Kier alpha value is -0.750. The highest BCUT2D eigenvalue weighted by Crippen LogP contribution is 2.35. The highest BCUT2D eigenvalue weighted by atomic mass is 79.9. The van der Waals surface area contributed by atoms with Gasteiger partial charge in [0.05, 0.1) is 11.3 Å². The number of nitrogens with one attached hydrogen (secondary N) is 1. The molecule has 114 valence electrons. The van der Waals surface area contributed by atoms with Crippen LogP contribution in [0.25, 0.3) is 0 Å². The summed E-state index contributed by atoms with van der Waals surface area (Å²) in [4.78, 5) is 2.04. The van der Waals surface area contributed by atoms with Crippen LogP contribution in [-0.4, -0.2) is 25.7 Å². The Morgan fingerprint density at radius 3 is 2.40 bits per heavy atom. The van der Waals surface area contributed by atoms with E-state index in [0.29, 0.717) is 10.5 Å². The summed E-state index contributed by atoms with van der Waals surface area (Å²) in [5.41, 5.74) is 0.149. The molecule has 1 rings (SSSR count). The molecule has 1 N–H and O–H groups in total. The minimum absolute atomic E-state index is 0.393. The topological polar surface area (TPSA) is 15.3 Å². The lowest BCUT2D eigenvalue weighted by atomic mass is 10.2. The number of benzene rings is 1. The first kappa shape index (κ1) is 17.3. The van der Waals surface area contributed by atoms with Crippen LogP contribution in [0.15, 0.2) is 22.7 Å². The van der Waals surface area contributed by atoms with Crippen molar-refractivity contribution in [2.75, 3.05) is 24.5 Å². The molecule has 0 aliphatic rings. The van der Waals surface area contributed by atoms with Gasteiger partial charge in [0.2, 0.25) is 0 Å². The van der Waals surface area contributed by atoms with Crippen LogP contribution in [0, 0.1) is 0 Å². The monoisotopic (exact) mass is 352 g/mol. The fourth-order valence-electron chi connectivity index (χ4n) is 1.88. The first-order valence-electron chi connectivity index (χ1n) is 6.60. The maximum Gasteiger partial charge on any atom is 0.416 e. The minimum Gasteiger partial charge on any atom is -0.370 e. The second-order valence-corrected chi connectivity index (χ2v) is 5.71. The van der Waals surface area contributed by atoms with E-state index in [4.69, 9.17) is 0 Å². The van der Waals surface area contributed by atoms with Gasteiger partial charge in [-0.2, -0.15) is 13.2 Å². The second-order valence-electron chi connectivity index (χ2n) is 4.85. The molecule has 0 aromatic heterocycles. The first-order valence-corrected chi connectivity index (χ1v) is 7.40. The lowest BCUT2D eigenvalue weighted by Gasteiger charge is -2.25. The van der Waals surface area contributed by atoms with Crippen LogP contribution in [0.1, 0.15) is 26.3 Å². The minimum atomic E-state index is -4.31. The van der Waals surface area contributed by atoms with E-state index >= 15 is 0 Å². The van der Waals surface area contributed by atoms with Crippen molar-refractivity contribution in [2.24, 2.45) is 0 Å². The zero-order valence-electron chi connectivity index (χ0n) is 11.9. The molecule has 0 spiro atoms. The molecule has 0 aliphatic heterocycles. The van der Waals surface area contributed by atoms with Gasteiger partial charge in [-0.15, -0.1) is 0 Å². The van der Waals surface area contributed by atoms with Crippen LogP contribution in [0.5, 0.6) is 0 Å². The first-order chi connectivity index (χ1) is 9.25. The number of anilines is 1. The standard InChI is InChI=1S/C14H20BrF3N2/c1-4-20(8-7-19-10(2)3)13-6-5-11(9-12(13)15)14(16,17)18/h5-6,9-10,19H,4,7-8H2,1-3H3. The summed E-state index contributed by atoms with van der Waals surface area (Å²) in [6.07, 6.45) is -4.31. The van der Waals surface area contributed by atoms with Crippen molar-refractivity contribution in [3.63, 3.8) is 0 Å². The van der Waals surface area contributed by atoms with Gasteiger partial charge in [0.15, 0.2) is 0 Å². The molecule has 0 heterocycles. The van der Waals surface area contributed by atoms with E-state index in [1.165, 1.54) is 6.07 Å². The molecule has 2 nitrogen and oxygen atoms in total. The van der Waals surface area contributed by atoms with Crippen LogP contribution in [0.3, 0.4) is 0 Å². The third-order valence-electron chi connectivity index (χ3n) is 2.93. The zero-order chi connectivity index (χ0) is 15.3. The smallest absolute Gasteiger partial charge is 0.370 e. The van der Waals surface area contributed by atoms with E-state index in [1.54, 1.807) is 0 Å². The van der Waals surface area contributed by atoms with Crippen LogP contribution in [-0.2, 0) is 6.18 Å². The summed E-state index contributed by atoms with van der Waals surface area (Å²) in [5, 5.41) is 3.30. The SMILES string of the molecule is CCN(CCNC(C)C)c1ccc(C(F)(F)F)cc1Br. The van der Waals surface area contributed by atoms with Crippen molar-refractivity contribution in [3.8, 4) is 0 Å². The quantitative estimate of drug-likeness (QED) is 0.821. The Balaban J connectivity index is 2.83. The van der Waals surface area contributed by atoms with Crippen molar-refractivity contribution in [1.82, 2.24) is 5.32 Å². The van der Waals surface area contributed by atoms with Gasteiger partial charge in [-0.1, -0.05) is 13.8 Å². The Morgan fingerprint density at radius 1 is 1.30 bits per heavy atom. The highest BCUT2D eigenvalue weighted by molar-refractivity contribution is 9.10. The normalized spacial score (nSPS) is 12.0. The third kappa shape index (κ3) is 4.98. The van der Waals surface area contributed by atoms with Gasteiger partial charge in [0.1, 0.15) is 0 Å². The number of halogens is 4. The molecule has 0 aliphatic carbocycles. The van der Waals surface area contributed by atoms with E-state index in [1.807, 2.05) is 11.8 Å². The van der Waals surface area contributed by atoms with Gasteiger partial charge < -0.3 is 10.2 Å². The Kier molecular flexibility index (Phi) is 6.33.